The van der Waals surface area contributed by atoms with E-state index in [9.17, 15) is 31.6 Å². The van der Waals surface area contributed by atoms with Gasteiger partial charge in [0.15, 0.2) is 0 Å². The van der Waals surface area contributed by atoms with Crippen LogP contribution in [0.5, 0.6) is 0 Å². The van der Waals surface area contributed by atoms with Crippen LogP contribution in [0, 0.1) is 11.6 Å². The Morgan fingerprint density at radius 1 is 1.00 bits per heavy atom. The van der Waals surface area contributed by atoms with E-state index in [4.69, 9.17) is 4.74 Å². The lowest BCUT2D eigenvalue weighted by atomic mass is 10.0. The molecule has 0 aliphatic carbocycles. The van der Waals surface area contributed by atoms with Crippen molar-refractivity contribution in [2.75, 3.05) is 29.0 Å². The minimum atomic E-state index is -3.26. The smallest absolute Gasteiger partial charge is 0.329 e. The zero-order valence-electron chi connectivity index (χ0n) is 22.6. The van der Waals surface area contributed by atoms with Crippen molar-refractivity contribution in [1.29, 1.82) is 0 Å². The maximum Gasteiger partial charge on any atom is 0.329 e. The summed E-state index contributed by atoms with van der Waals surface area (Å²) in [6.07, 6.45) is 2.46. The largest absolute Gasteiger partial charge is 0.461 e. The Morgan fingerprint density at radius 2 is 1.68 bits per heavy atom. The lowest BCUT2D eigenvalue weighted by Gasteiger charge is -2.21. The molecule has 2 aromatic carbocycles. The van der Waals surface area contributed by atoms with Gasteiger partial charge in [-0.1, -0.05) is 12.1 Å². The molecule has 0 bridgehead atoms. The lowest BCUT2D eigenvalue weighted by molar-refractivity contribution is -0.149. The Labute approximate surface area is 237 Å². The van der Waals surface area contributed by atoms with Crippen molar-refractivity contribution in [3.63, 3.8) is 0 Å². The molecule has 1 aromatic heterocycles. The molecule has 0 fully saturated rings. The first kappa shape index (κ1) is 30.9. The Balaban J connectivity index is 1.81. The number of ether oxygens (including phenoxy) is 1. The van der Waals surface area contributed by atoms with Gasteiger partial charge < -0.3 is 20.3 Å². The number of carbonyl (C=O) groups excluding carboxylic acids is 3. The van der Waals surface area contributed by atoms with Gasteiger partial charge in [-0.15, -0.1) is 0 Å². The number of nitrogens with one attached hydrogen (secondary N) is 3. The highest BCUT2D eigenvalue weighted by Gasteiger charge is 2.27. The first-order chi connectivity index (χ1) is 19.4. The number of thiol groups is 1. The van der Waals surface area contributed by atoms with E-state index in [-0.39, 0.29) is 12.3 Å². The van der Waals surface area contributed by atoms with Crippen molar-refractivity contribution >= 4 is 45.7 Å². The predicted octanol–water partition coefficient (Wildman–Crippen LogP) is 2.91. The van der Waals surface area contributed by atoms with E-state index in [1.54, 1.807) is 63.0 Å². The van der Waals surface area contributed by atoms with Gasteiger partial charge in [-0.05, 0) is 43.7 Å². The van der Waals surface area contributed by atoms with E-state index in [2.05, 4.69) is 15.6 Å². The number of halogens is 2. The first-order valence-electron chi connectivity index (χ1n) is 12.3. The average molecular weight is 590 g/mol. The van der Waals surface area contributed by atoms with Gasteiger partial charge in [0.05, 0.1) is 34.8 Å². The zero-order chi connectivity index (χ0) is 30.3. The normalized spacial score (nSPS) is 11.6. The fraction of sp³-hybridized carbons (Fsp3) is 0.259. The van der Waals surface area contributed by atoms with Crippen molar-refractivity contribution in [1.82, 2.24) is 10.3 Å². The van der Waals surface area contributed by atoms with Crippen molar-refractivity contribution in [3.05, 3.63) is 83.2 Å². The molecule has 3 aromatic rings. The number of aromatic nitrogens is 1. The minimum Gasteiger partial charge on any atom is -0.461 e. The van der Waals surface area contributed by atoms with Crippen molar-refractivity contribution in [2.45, 2.75) is 32.4 Å². The van der Waals surface area contributed by atoms with Gasteiger partial charge in [-0.25, -0.2) is 22.0 Å². The topological polar surface area (TPSA) is 147 Å². The summed E-state index contributed by atoms with van der Waals surface area (Å²) in [5.74, 6) is -4.58. The van der Waals surface area contributed by atoms with Crippen LogP contribution in [-0.4, -0.2) is 57.4 Å². The monoisotopic (exact) mass is 589 g/mol. The molecule has 0 radical (unpaired) electrons. The Bertz CT molecular complexity index is 1510. The maximum absolute atomic E-state index is 14.6. The number of benzene rings is 2. The summed E-state index contributed by atoms with van der Waals surface area (Å²) in [6.45, 7) is 3.23. The molecule has 0 unspecified atom stereocenters. The SMILES string of the molecule is CNc1cnccc1C(=O)N(C)c1ccc(C[C@H](NC(=O)c2cc(F)c(N[SH](=O)=O)cc2F)C(=O)OC(C)C)cc1. The van der Waals surface area contributed by atoms with Crippen LogP contribution in [0.25, 0.3) is 0 Å². The molecule has 1 heterocycles. The molecule has 41 heavy (non-hydrogen) atoms. The third kappa shape index (κ3) is 7.97. The van der Waals surface area contributed by atoms with Gasteiger partial charge >= 0.3 is 5.97 Å². The molecule has 0 spiro atoms. The van der Waals surface area contributed by atoms with Gasteiger partial charge in [0, 0.05) is 38.5 Å². The number of carbonyl (C=O) groups is 3. The van der Waals surface area contributed by atoms with Gasteiger partial charge in [0.1, 0.15) is 17.7 Å². The van der Waals surface area contributed by atoms with E-state index >= 15 is 0 Å². The number of nitrogens with zero attached hydrogens (tertiary/aromatic N) is 2. The molecular weight excluding hydrogens is 560 g/mol. The summed E-state index contributed by atoms with van der Waals surface area (Å²) in [5, 5.41) is 5.29. The second-order valence-corrected chi connectivity index (χ2v) is 9.84. The van der Waals surface area contributed by atoms with Gasteiger partial charge in [0.2, 0.25) is 10.9 Å². The summed E-state index contributed by atoms with van der Waals surface area (Å²) in [4.78, 5) is 44.1. The van der Waals surface area contributed by atoms with Crippen LogP contribution in [0.15, 0.2) is 54.9 Å². The minimum absolute atomic E-state index is 0.0656. The summed E-state index contributed by atoms with van der Waals surface area (Å²) >= 11 is 0. The first-order valence-corrected chi connectivity index (χ1v) is 13.5. The van der Waals surface area contributed by atoms with Gasteiger partial charge in [0.25, 0.3) is 11.8 Å². The zero-order valence-corrected chi connectivity index (χ0v) is 23.5. The van der Waals surface area contributed by atoms with Crippen LogP contribution in [-0.2, 0) is 26.8 Å². The molecular formula is C27H29F2N5O6S. The number of pyridine rings is 1. The Kier molecular flexibility index (Phi) is 10.3. The van der Waals surface area contributed by atoms with Crippen molar-refractivity contribution in [2.24, 2.45) is 0 Å². The van der Waals surface area contributed by atoms with E-state index in [1.807, 2.05) is 0 Å². The quantitative estimate of drug-likeness (QED) is 0.197. The number of hydrogen-bond acceptors (Lipinski definition) is 8. The highest BCUT2D eigenvalue weighted by atomic mass is 32.2. The molecule has 3 rings (SSSR count). The van der Waals surface area contributed by atoms with Gasteiger partial charge in [-0.2, -0.15) is 0 Å². The summed E-state index contributed by atoms with van der Waals surface area (Å²) < 4.78 is 57.4. The number of hydrogen-bond donors (Lipinski definition) is 4. The molecule has 14 heteroatoms. The summed E-state index contributed by atoms with van der Waals surface area (Å²) in [7, 11) is 0.0195. The standard InChI is InChI=1S/C27H29F2N5O6S/c1-15(2)40-27(37)23(32-25(35)19-12-21(29)22(13-20(19)28)33-41(38)39)11-16-5-7-17(8-6-16)34(4)26(36)18-9-10-31-14-24(18)30-3/h5-10,12-15,23,30,41H,11H2,1-4H3,(H,32,35)(H,33,38,39)/t23-/m0/s1. The second kappa shape index (κ2) is 13.7. The number of anilines is 3. The number of amides is 2. The molecule has 218 valence electrons. The van der Waals surface area contributed by atoms with Crippen LogP contribution in [0.4, 0.5) is 25.8 Å². The maximum atomic E-state index is 14.6. The van der Waals surface area contributed by atoms with Gasteiger partial charge in [-0.3, -0.25) is 19.3 Å². The Morgan fingerprint density at radius 3 is 2.29 bits per heavy atom. The van der Waals surface area contributed by atoms with Crippen LogP contribution in [0.1, 0.15) is 40.1 Å². The van der Waals surface area contributed by atoms with E-state index in [0.29, 0.717) is 34.6 Å². The molecule has 2 amide bonds. The second-order valence-electron chi connectivity index (χ2n) is 9.10. The molecule has 0 aliphatic rings. The highest BCUT2D eigenvalue weighted by Crippen LogP contribution is 2.22. The third-order valence-electron chi connectivity index (χ3n) is 5.84. The molecule has 0 aliphatic heterocycles. The van der Waals surface area contributed by atoms with Crippen LogP contribution in [0.3, 0.4) is 0 Å². The van der Waals surface area contributed by atoms with Crippen LogP contribution in [0.2, 0.25) is 0 Å². The lowest BCUT2D eigenvalue weighted by Crippen LogP contribution is -2.44. The van der Waals surface area contributed by atoms with E-state index < -0.39 is 57.8 Å². The van der Waals surface area contributed by atoms with E-state index in [0.717, 1.165) is 0 Å². The number of rotatable bonds is 11. The molecule has 11 nitrogen and oxygen atoms in total. The van der Waals surface area contributed by atoms with Crippen LogP contribution >= 0.6 is 0 Å². The third-order valence-corrected chi connectivity index (χ3v) is 6.27. The fourth-order valence-corrected chi connectivity index (χ4v) is 4.19. The van der Waals surface area contributed by atoms with Crippen LogP contribution < -0.4 is 20.3 Å². The van der Waals surface area contributed by atoms with Crippen molar-refractivity contribution < 1.29 is 36.3 Å². The Hall–Kier alpha value is -4.59. The molecule has 0 saturated heterocycles. The fourth-order valence-electron chi connectivity index (χ4n) is 3.82. The predicted molar refractivity (Wildman–Crippen MR) is 149 cm³/mol. The number of esters is 1. The summed E-state index contributed by atoms with van der Waals surface area (Å²) in [6, 6.07) is 7.98. The van der Waals surface area contributed by atoms with E-state index in [1.165, 1.54) is 17.3 Å². The summed E-state index contributed by atoms with van der Waals surface area (Å²) in [5.41, 5.74) is 0.707. The highest BCUT2D eigenvalue weighted by molar-refractivity contribution is 7.73. The molecule has 1 atom stereocenters. The van der Waals surface area contributed by atoms with Crippen molar-refractivity contribution in [3.8, 4) is 0 Å². The average Bonchev–Trinajstić information content (AvgIpc) is 2.93. The molecule has 3 N–H and O–H groups in total. The molecule has 0 saturated carbocycles.